The number of carbonyl (C=O) groups is 2. The maximum Gasteiger partial charge on any atom is 0.322 e. The summed E-state index contributed by atoms with van der Waals surface area (Å²) in [6, 6.07) is 15.8. The van der Waals surface area contributed by atoms with Gasteiger partial charge >= 0.3 is 5.97 Å². The van der Waals surface area contributed by atoms with E-state index in [4.69, 9.17) is 10.00 Å². The molecule has 2 aromatic rings. The van der Waals surface area contributed by atoms with Crippen molar-refractivity contribution >= 4 is 21.9 Å². The molecule has 1 saturated carbocycles. The second-order valence-corrected chi connectivity index (χ2v) is 8.29. The Balaban J connectivity index is 1.64. The zero-order chi connectivity index (χ0) is 20.9. The van der Waals surface area contributed by atoms with Gasteiger partial charge in [0.1, 0.15) is 6.54 Å². The van der Waals surface area contributed by atoms with Gasteiger partial charge in [-0.3, -0.25) is 9.59 Å². The minimum Gasteiger partial charge on any atom is -0.446 e. The lowest BCUT2D eigenvalue weighted by molar-refractivity contribution is -0.155. The molecule has 3 rings (SSSR count). The number of sulfonamides is 1. The SMILES string of the molecule is N#Cc1ccc(S(=O)(=O)NCC(=O)O[C@@H](C(=O)NC2CC2)c2ccccc2)cc1. The number of ether oxygens (including phenoxy) is 1. The molecule has 8 nitrogen and oxygen atoms in total. The van der Waals surface area contributed by atoms with Crippen LogP contribution in [0.5, 0.6) is 0 Å². The summed E-state index contributed by atoms with van der Waals surface area (Å²) in [7, 11) is -3.97. The van der Waals surface area contributed by atoms with Crippen molar-refractivity contribution in [3.63, 3.8) is 0 Å². The van der Waals surface area contributed by atoms with Gasteiger partial charge < -0.3 is 10.1 Å². The Morgan fingerprint density at radius 3 is 2.34 bits per heavy atom. The molecular formula is C20H19N3O5S. The van der Waals surface area contributed by atoms with Gasteiger partial charge in [0.05, 0.1) is 16.5 Å². The molecule has 0 aliphatic heterocycles. The van der Waals surface area contributed by atoms with Crippen LogP contribution < -0.4 is 10.0 Å². The quantitative estimate of drug-likeness (QED) is 0.630. The Morgan fingerprint density at radius 2 is 1.76 bits per heavy atom. The summed E-state index contributed by atoms with van der Waals surface area (Å²) < 4.78 is 32.0. The molecule has 150 valence electrons. The van der Waals surface area contributed by atoms with Crippen molar-refractivity contribution in [3.8, 4) is 6.07 Å². The maximum atomic E-state index is 12.5. The van der Waals surface area contributed by atoms with Crippen LogP contribution in [0.3, 0.4) is 0 Å². The molecule has 1 atom stereocenters. The first-order valence-corrected chi connectivity index (χ1v) is 10.4. The lowest BCUT2D eigenvalue weighted by Crippen LogP contribution is -2.36. The smallest absolute Gasteiger partial charge is 0.322 e. The summed E-state index contributed by atoms with van der Waals surface area (Å²) in [6.45, 7) is -0.637. The van der Waals surface area contributed by atoms with E-state index in [2.05, 4.69) is 10.0 Å². The van der Waals surface area contributed by atoms with Crippen LogP contribution in [-0.2, 0) is 24.3 Å². The van der Waals surface area contributed by atoms with Crippen LogP contribution in [0.25, 0.3) is 0 Å². The van der Waals surface area contributed by atoms with Gasteiger partial charge in [-0.15, -0.1) is 0 Å². The van der Waals surface area contributed by atoms with E-state index < -0.39 is 34.5 Å². The number of nitrogens with zero attached hydrogens (tertiary/aromatic N) is 1. The molecule has 2 aromatic carbocycles. The van der Waals surface area contributed by atoms with Crippen molar-refractivity contribution in [2.24, 2.45) is 0 Å². The Labute approximate surface area is 168 Å². The van der Waals surface area contributed by atoms with Gasteiger partial charge in [0.2, 0.25) is 16.1 Å². The van der Waals surface area contributed by atoms with E-state index >= 15 is 0 Å². The number of benzene rings is 2. The summed E-state index contributed by atoms with van der Waals surface area (Å²) in [5.41, 5.74) is 0.810. The second kappa shape index (κ2) is 8.86. The molecule has 29 heavy (non-hydrogen) atoms. The second-order valence-electron chi connectivity index (χ2n) is 6.52. The molecular weight excluding hydrogens is 394 g/mol. The van der Waals surface area contributed by atoms with Gasteiger partial charge in [0.15, 0.2) is 0 Å². The zero-order valence-electron chi connectivity index (χ0n) is 15.4. The van der Waals surface area contributed by atoms with Crippen molar-refractivity contribution in [2.75, 3.05) is 6.54 Å². The van der Waals surface area contributed by atoms with Crippen LogP contribution >= 0.6 is 0 Å². The first-order chi connectivity index (χ1) is 13.9. The standard InChI is InChI=1S/C20H19N3O5S/c21-12-14-6-10-17(11-7-14)29(26,27)22-13-18(24)28-19(15-4-2-1-3-5-15)20(25)23-16-8-9-16/h1-7,10-11,16,19,22H,8-9,13H2,(H,23,25)/t19-/m1/s1. The van der Waals surface area contributed by atoms with Crippen molar-refractivity contribution in [1.82, 2.24) is 10.0 Å². The molecule has 0 heterocycles. The van der Waals surface area contributed by atoms with Gasteiger partial charge in [-0.05, 0) is 37.1 Å². The third kappa shape index (κ3) is 5.63. The van der Waals surface area contributed by atoms with Crippen LogP contribution in [0.15, 0.2) is 59.5 Å². The summed E-state index contributed by atoms with van der Waals surface area (Å²) >= 11 is 0. The third-order valence-corrected chi connectivity index (χ3v) is 5.63. The van der Waals surface area contributed by atoms with E-state index in [-0.39, 0.29) is 10.9 Å². The minimum absolute atomic E-state index is 0.0855. The molecule has 0 radical (unpaired) electrons. The van der Waals surface area contributed by atoms with E-state index in [0.717, 1.165) is 12.8 Å². The van der Waals surface area contributed by atoms with E-state index in [1.807, 2.05) is 6.07 Å². The number of hydrogen-bond acceptors (Lipinski definition) is 6. The minimum atomic E-state index is -3.97. The van der Waals surface area contributed by atoms with Crippen molar-refractivity contribution in [2.45, 2.75) is 29.9 Å². The van der Waals surface area contributed by atoms with Crippen LogP contribution in [0.1, 0.15) is 30.1 Å². The van der Waals surface area contributed by atoms with E-state index in [1.165, 1.54) is 24.3 Å². The molecule has 0 aromatic heterocycles. The monoisotopic (exact) mass is 413 g/mol. The first-order valence-electron chi connectivity index (χ1n) is 8.93. The number of esters is 1. The first kappa shape index (κ1) is 20.5. The third-order valence-electron chi connectivity index (χ3n) is 4.21. The van der Waals surface area contributed by atoms with Crippen molar-refractivity contribution in [1.29, 1.82) is 5.26 Å². The lowest BCUT2D eigenvalue weighted by Gasteiger charge is -2.18. The Kier molecular flexibility index (Phi) is 6.26. The number of nitriles is 1. The highest BCUT2D eigenvalue weighted by Gasteiger charge is 2.31. The molecule has 0 spiro atoms. The molecule has 1 fully saturated rings. The largest absolute Gasteiger partial charge is 0.446 e. The predicted octanol–water partition coefficient (Wildman–Crippen LogP) is 1.40. The number of carbonyl (C=O) groups excluding carboxylic acids is 2. The zero-order valence-corrected chi connectivity index (χ0v) is 16.2. The van der Waals surface area contributed by atoms with Crippen LogP contribution in [0, 0.1) is 11.3 Å². The molecule has 1 aliphatic rings. The van der Waals surface area contributed by atoms with Crippen LogP contribution in [-0.4, -0.2) is 32.9 Å². The van der Waals surface area contributed by atoms with Gasteiger partial charge in [-0.2, -0.15) is 9.98 Å². The van der Waals surface area contributed by atoms with Gasteiger partial charge in [-0.25, -0.2) is 8.42 Å². The van der Waals surface area contributed by atoms with Gasteiger partial charge in [-0.1, -0.05) is 30.3 Å². The molecule has 9 heteroatoms. The molecule has 1 aliphatic carbocycles. The Bertz CT molecular complexity index is 1030. The summed E-state index contributed by atoms with van der Waals surface area (Å²) in [4.78, 5) is 24.6. The predicted molar refractivity (Wildman–Crippen MR) is 103 cm³/mol. The normalized spacial score (nSPS) is 14.4. The topological polar surface area (TPSA) is 125 Å². The van der Waals surface area contributed by atoms with Gasteiger partial charge in [0, 0.05) is 11.6 Å². The molecule has 0 bridgehead atoms. The van der Waals surface area contributed by atoms with E-state index in [1.54, 1.807) is 30.3 Å². The molecule has 1 amide bonds. The number of nitrogens with one attached hydrogen (secondary N) is 2. The summed E-state index contributed by atoms with van der Waals surface area (Å²) in [6.07, 6.45) is 0.598. The average molecular weight is 413 g/mol. The fraction of sp³-hybridized carbons (Fsp3) is 0.250. The Hall–Kier alpha value is -3.22. The Morgan fingerprint density at radius 1 is 1.10 bits per heavy atom. The fourth-order valence-electron chi connectivity index (χ4n) is 2.52. The number of rotatable bonds is 8. The molecule has 0 saturated heterocycles. The number of amides is 1. The van der Waals surface area contributed by atoms with Crippen molar-refractivity contribution < 1.29 is 22.7 Å². The van der Waals surface area contributed by atoms with E-state index in [9.17, 15) is 18.0 Å². The molecule has 2 N–H and O–H groups in total. The van der Waals surface area contributed by atoms with Crippen LogP contribution in [0.4, 0.5) is 0 Å². The highest BCUT2D eigenvalue weighted by molar-refractivity contribution is 7.89. The summed E-state index contributed by atoms with van der Waals surface area (Å²) in [5, 5.41) is 11.6. The van der Waals surface area contributed by atoms with E-state index in [0.29, 0.717) is 11.1 Å². The average Bonchev–Trinajstić information content (AvgIpc) is 3.55. The summed E-state index contributed by atoms with van der Waals surface area (Å²) in [5.74, 6) is -1.33. The fourth-order valence-corrected chi connectivity index (χ4v) is 3.49. The van der Waals surface area contributed by atoms with Gasteiger partial charge in [0.25, 0.3) is 5.91 Å². The van der Waals surface area contributed by atoms with Crippen molar-refractivity contribution in [3.05, 3.63) is 65.7 Å². The lowest BCUT2D eigenvalue weighted by atomic mass is 10.1. The maximum absolute atomic E-state index is 12.5. The van der Waals surface area contributed by atoms with Crippen LogP contribution in [0.2, 0.25) is 0 Å². The highest BCUT2D eigenvalue weighted by atomic mass is 32.2. The molecule has 0 unspecified atom stereocenters. The highest BCUT2D eigenvalue weighted by Crippen LogP contribution is 2.23. The number of hydrogen-bond donors (Lipinski definition) is 2.